The lowest BCUT2D eigenvalue weighted by molar-refractivity contribution is -0.123. The SMILES string of the molecule is Cc1ccccc1S(=O)(=O)CC(=O)C(C)(C)C. The molecule has 0 aliphatic rings. The average Bonchev–Trinajstić information content (AvgIpc) is 2.15. The Hall–Kier alpha value is -1.16. The monoisotopic (exact) mass is 254 g/mol. The Labute approximate surface area is 103 Å². The molecule has 0 amide bonds. The molecule has 0 atom stereocenters. The molecule has 0 aliphatic heterocycles. The van der Waals surface area contributed by atoms with Gasteiger partial charge in [-0.2, -0.15) is 0 Å². The third-order valence-electron chi connectivity index (χ3n) is 2.59. The molecule has 0 saturated carbocycles. The molecule has 17 heavy (non-hydrogen) atoms. The Balaban J connectivity index is 3.07. The van der Waals surface area contributed by atoms with Gasteiger partial charge < -0.3 is 0 Å². The molecule has 1 aromatic rings. The van der Waals surface area contributed by atoms with E-state index in [4.69, 9.17) is 0 Å². The minimum Gasteiger partial charge on any atom is -0.298 e. The van der Waals surface area contributed by atoms with Gasteiger partial charge >= 0.3 is 0 Å². The highest BCUT2D eigenvalue weighted by Gasteiger charge is 2.28. The van der Waals surface area contributed by atoms with Crippen LogP contribution in [0.4, 0.5) is 0 Å². The molecule has 0 fully saturated rings. The molecule has 0 radical (unpaired) electrons. The smallest absolute Gasteiger partial charge is 0.185 e. The van der Waals surface area contributed by atoms with Crippen molar-refractivity contribution in [2.24, 2.45) is 5.41 Å². The van der Waals surface area contributed by atoms with Gasteiger partial charge in [0.2, 0.25) is 0 Å². The zero-order valence-electron chi connectivity index (χ0n) is 10.6. The minimum absolute atomic E-state index is 0.248. The van der Waals surface area contributed by atoms with Crippen LogP contribution < -0.4 is 0 Å². The lowest BCUT2D eigenvalue weighted by atomic mass is 9.92. The molecular formula is C13H18O3S. The summed E-state index contributed by atoms with van der Waals surface area (Å²) in [4.78, 5) is 12.0. The second-order valence-corrected chi connectivity index (χ2v) is 7.16. The van der Waals surface area contributed by atoms with Gasteiger partial charge in [-0.25, -0.2) is 8.42 Å². The second-order valence-electron chi connectivity index (χ2n) is 5.20. The predicted molar refractivity (Wildman–Crippen MR) is 67.7 cm³/mol. The fourth-order valence-corrected chi connectivity index (χ4v) is 3.15. The van der Waals surface area contributed by atoms with Crippen molar-refractivity contribution in [2.75, 3.05) is 5.75 Å². The van der Waals surface area contributed by atoms with Gasteiger partial charge in [0.25, 0.3) is 0 Å². The number of benzene rings is 1. The number of carbonyl (C=O) groups is 1. The van der Waals surface area contributed by atoms with Crippen molar-refractivity contribution >= 4 is 15.6 Å². The summed E-state index contributed by atoms with van der Waals surface area (Å²) in [6.45, 7) is 6.91. The lowest BCUT2D eigenvalue weighted by Gasteiger charge is -2.16. The molecule has 0 N–H and O–H groups in total. The molecule has 0 unspecified atom stereocenters. The maximum Gasteiger partial charge on any atom is 0.185 e. The molecule has 0 aromatic heterocycles. The molecule has 0 saturated heterocycles. The summed E-state index contributed by atoms with van der Waals surface area (Å²) >= 11 is 0. The highest BCUT2D eigenvalue weighted by atomic mass is 32.2. The van der Waals surface area contributed by atoms with Gasteiger partial charge in [-0.15, -0.1) is 0 Å². The normalized spacial score (nSPS) is 12.5. The Morgan fingerprint density at radius 2 is 1.71 bits per heavy atom. The minimum atomic E-state index is -3.52. The molecule has 4 heteroatoms. The van der Waals surface area contributed by atoms with Gasteiger partial charge in [0.1, 0.15) is 5.75 Å². The van der Waals surface area contributed by atoms with E-state index < -0.39 is 21.0 Å². The molecule has 0 aliphatic carbocycles. The fourth-order valence-electron chi connectivity index (χ4n) is 1.37. The number of aryl methyl sites for hydroxylation is 1. The van der Waals surface area contributed by atoms with E-state index in [0.29, 0.717) is 5.56 Å². The third kappa shape index (κ3) is 3.40. The summed E-state index contributed by atoms with van der Waals surface area (Å²) < 4.78 is 24.2. The molecule has 0 heterocycles. The van der Waals surface area contributed by atoms with Crippen LogP contribution in [-0.2, 0) is 14.6 Å². The molecule has 1 aromatic carbocycles. The van der Waals surface area contributed by atoms with Gasteiger partial charge in [0, 0.05) is 5.41 Å². The van der Waals surface area contributed by atoms with E-state index in [1.807, 2.05) is 0 Å². The molecule has 94 valence electrons. The summed E-state index contributed by atoms with van der Waals surface area (Å²) in [6, 6.07) is 6.72. The van der Waals surface area contributed by atoms with Crippen LogP contribution in [0.15, 0.2) is 29.2 Å². The number of ketones is 1. The number of carbonyl (C=O) groups excluding carboxylic acids is 1. The topological polar surface area (TPSA) is 51.2 Å². The number of sulfone groups is 1. The summed E-state index contributed by atoms with van der Waals surface area (Å²) in [5.74, 6) is -0.692. The van der Waals surface area contributed by atoms with E-state index in [2.05, 4.69) is 0 Å². The van der Waals surface area contributed by atoms with Crippen LogP contribution in [0.2, 0.25) is 0 Å². The van der Waals surface area contributed by atoms with Crippen LogP contribution in [0.1, 0.15) is 26.3 Å². The number of rotatable bonds is 3. The first-order valence-corrected chi connectivity index (χ1v) is 7.11. The zero-order valence-corrected chi connectivity index (χ0v) is 11.5. The quantitative estimate of drug-likeness (QED) is 0.832. The van der Waals surface area contributed by atoms with Crippen LogP contribution >= 0.6 is 0 Å². The van der Waals surface area contributed by atoms with Crippen LogP contribution in [0, 0.1) is 12.3 Å². The van der Waals surface area contributed by atoms with Crippen molar-refractivity contribution in [3.05, 3.63) is 29.8 Å². The van der Waals surface area contributed by atoms with Crippen molar-refractivity contribution in [2.45, 2.75) is 32.6 Å². The highest BCUT2D eigenvalue weighted by Crippen LogP contribution is 2.21. The largest absolute Gasteiger partial charge is 0.298 e. The van der Waals surface area contributed by atoms with Gasteiger partial charge in [0.05, 0.1) is 4.90 Å². The Bertz CT molecular complexity index is 522. The second kappa shape index (κ2) is 4.61. The average molecular weight is 254 g/mol. The van der Waals surface area contributed by atoms with Crippen LogP contribution in [0.5, 0.6) is 0 Å². The van der Waals surface area contributed by atoms with Gasteiger partial charge in [-0.05, 0) is 18.6 Å². The molecule has 0 bridgehead atoms. The van der Waals surface area contributed by atoms with Gasteiger partial charge in [0.15, 0.2) is 15.6 Å². The summed E-state index contributed by atoms with van der Waals surface area (Å²) in [5, 5.41) is 0. The van der Waals surface area contributed by atoms with E-state index in [1.54, 1.807) is 52.0 Å². The van der Waals surface area contributed by atoms with E-state index in [-0.39, 0.29) is 10.7 Å². The van der Waals surface area contributed by atoms with Gasteiger partial charge in [-0.1, -0.05) is 39.0 Å². The Morgan fingerprint density at radius 1 is 1.18 bits per heavy atom. The van der Waals surface area contributed by atoms with Crippen LogP contribution in [-0.4, -0.2) is 20.0 Å². The van der Waals surface area contributed by atoms with Crippen molar-refractivity contribution < 1.29 is 13.2 Å². The van der Waals surface area contributed by atoms with E-state index in [9.17, 15) is 13.2 Å². The van der Waals surface area contributed by atoms with E-state index in [0.717, 1.165) is 0 Å². The standard InChI is InChI=1S/C13H18O3S/c1-10-7-5-6-8-11(10)17(15,16)9-12(14)13(2,3)4/h5-8H,9H2,1-4H3. The number of hydrogen-bond donors (Lipinski definition) is 0. The zero-order chi connectivity index (χ0) is 13.3. The molecule has 3 nitrogen and oxygen atoms in total. The molecular weight excluding hydrogens is 236 g/mol. The van der Waals surface area contributed by atoms with E-state index >= 15 is 0 Å². The van der Waals surface area contributed by atoms with Crippen molar-refractivity contribution in [3.63, 3.8) is 0 Å². The molecule has 1 rings (SSSR count). The Kier molecular flexibility index (Phi) is 3.77. The maximum atomic E-state index is 12.1. The Morgan fingerprint density at radius 3 is 2.18 bits per heavy atom. The predicted octanol–water partition coefficient (Wildman–Crippen LogP) is 2.38. The lowest BCUT2D eigenvalue weighted by Crippen LogP contribution is -2.28. The fraction of sp³-hybridized carbons (Fsp3) is 0.462. The van der Waals surface area contributed by atoms with Crippen molar-refractivity contribution in [1.29, 1.82) is 0 Å². The number of Topliss-reactive ketones (excluding diaryl/α,β-unsaturated/α-hetero) is 1. The first-order valence-electron chi connectivity index (χ1n) is 5.46. The van der Waals surface area contributed by atoms with Gasteiger partial charge in [-0.3, -0.25) is 4.79 Å². The maximum absolute atomic E-state index is 12.1. The van der Waals surface area contributed by atoms with Crippen LogP contribution in [0.3, 0.4) is 0 Å². The van der Waals surface area contributed by atoms with Crippen molar-refractivity contribution in [1.82, 2.24) is 0 Å². The highest BCUT2D eigenvalue weighted by molar-refractivity contribution is 7.92. The first kappa shape index (κ1) is 13.9. The summed E-state index contributed by atoms with van der Waals surface area (Å²) in [5.41, 5.74) is 0.0460. The summed E-state index contributed by atoms with van der Waals surface area (Å²) in [6.07, 6.45) is 0. The number of hydrogen-bond acceptors (Lipinski definition) is 3. The summed E-state index contributed by atoms with van der Waals surface area (Å²) in [7, 11) is -3.52. The first-order chi connectivity index (χ1) is 7.64. The van der Waals surface area contributed by atoms with Crippen molar-refractivity contribution in [3.8, 4) is 0 Å². The van der Waals surface area contributed by atoms with E-state index in [1.165, 1.54) is 0 Å². The molecule has 0 spiro atoms. The third-order valence-corrected chi connectivity index (χ3v) is 4.36. The van der Waals surface area contributed by atoms with Crippen LogP contribution in [0.25, 0.3) is 0 Å².